The third-order valence-electron chi connectivity index (χ3n) is 3.30. The van der Waals surface area contributed by atoms with Gasteiger partial charge in [-0.25, -0.2) is 4.79 Å². The number of rotatable bonds is 3. The number of benzene rings is 1. The van der Waals surface area contributed by atoms with E-state index in [1.165, 1.54) is 0 Å². The minimum atomic E-state index is -0.991. The lowest BCUT2D eigenvalue weighted by Crippen LogP contribution is -2.40. The first kappa shape index (κ1) is 11.1. The Morgan fingerprint density at radius 2 is 1.89 bits per heavy atom. The van der Waals surface area contributed by atoms with Gasteiger partial charge in [0.15, 0.2) is 0 Å². The molecule has 0 aromatic heterocycles. The van der Waals surface area contributed by atoms with Crippen molar-refractivity contribution in [3.63, 3.8) is 0 Å². The molecule has 5 nitrogen and oxygen atoms in total. The van der Waals surface area contributed by atoms with Crippen molar-refractivity contribution < 1.29 is 14.3 Å². The summed E-state index contributed by atoms with van der Waals surface area (Å²) >= 11 is 0. The predicted octanol–water partition coefficient (Wildman–Crippen LogP) is 1.28. The first-order valence-electron chi connectivity index (χ1n) is 5.99. The van der Waals surface area contributed by atoms with E-state index in [0.29, 0.717) is 6.10 Å². The van der Waals surface area contributed by atoms with Crippen molar-refractivity contribution in [2.24, 2.45) is 0 Å². The summed E-state index contributed by atoms with van der Waals surface area (Å²) in [5.74, 6) is 0.470. The number of hydrogen-bond acceptors (Lipinski definition) is 3. The fraction of sp³-hybridized carbons (Fsp3) is 0.385. The molecule has 2 aliphatic rings. The lowest BCUT2D eigenvalue weighted by molar-refractivity contribution is -0.123. The minimum Gasteiger partial charge on any atom is -0.490 e. The maximum Gasteiger partial charge on any atom is 0.322 e. The molecule has 1 saturated heterocycles. The molecule has 0 spiro atoms. The van der Waals surface area contributed by atoms with Gasteiger partial charge in [-0.15, -0.1) is 0 Å². The largest absolute Gasteiger partial charge is 0.490 e. The number of hydrogen-bond donors (Lipinski definition) is 2. The number of imide groups is 1. The van der Waals surface area contributed by atoms with Gasteiger partial charge in [0.05, 0.1) is 6.10 Å². The summed E-state index contributed by atoms with van der Waals surface area (Å²) in [6.45, 7) is 1.68. The predicted molar refractivity (Wildman–Crippen MR) is 64.1 cm³/mol. The van der Waals surface area contributed by atoms with Gasteiger partial charge < -0.3 is 10.1 Å². The molecule has 2 fully saturated rings. The van der Waals surface area contributed by atoms with Crippen molar-refractivity contribution in [2.75, 3.05) is 0 Å². The molecule has 1 aromatic carbocycles. The van der Waals surface area contributed by atoms with Gasteiger partial charge in [0.1, 0.15) is 11.3 Å². The Balaban J connectivity index is 1.83. The summed E-state index contributed by atoms with van der Waals surface area (Å²) in [4.78, 5) is 22.9. The molecule has 1 unspecified atom stereocenters. The van der Waals surface area contributed by atoms with Crippen LogP contribution in [0, 0.1) is 0 Å². The smallest absolute Gasteiger partial charge is 0.322 e. The number of amides is 3. The van der Waals surface area contributed by atoms with E-state index in [1.807, 2.05) is 24.3 Å². The van der Waals surface area contributed by atoms with Crippen LogP contribution in [0.5, 0.6) is 5.75 Å². The Morgan fingerprint density at radius 3 is 2.39 bits per heavy atom. The highest BCUT2D eigenvalue weighted by molar-refractivity contribution is 6.07. The van der Waals surface area contributed by atoms with Crippen LogP contribution in [0.3, 0.4) is 0 Å². The van der Waals surface area contributed by atoms with E-state index in [1.54, 1.807) is 6.92 Å². The van der Waals surface area contributed by atoms with E-state index in [4.69, 9.17) is 4.74 Å². The Kier molecular flexibility index (Phi) is 2.29. The highest BCUT2D eigenvalue weighted by atomic mass is 16.5. The van der Waals surface area contributed by atoms with Gasteiger partial charge >= 0.3 is 6.03 Å². The molecular weight excluding hydrogens is 232 g/mol. The van der Waals surface area contributed by atoms with Crippen molar-refractivity contribution in [1.29, 1.82) is 0 Å². The molecule has 1 aromatic rings. The molecule has 94 valence electrons. The van der Waals surface area contributed by atoms with Crippen molar-refractivity contribution in [3.05, 3.63) is 29.8 Å². The molecule has 1 heterocycles. The Hall–Kier alpha value is -2.04. The summed E-state index contributed by atoms with van der Waals surface area (Å²) in [5, 5.41) is 4.87. The summed E-state index contributed by atoms with van der Waals surface area (Å²) < 4.78 is 5.64. The van der Waals surface area contributed by atoms with Gasteiger partial charge in [-0.1, -0.05) is 12.1 Å². The van der Waals surface area contributed by atoms with Crippen LogP contribution in [0.2, 0.25) is 0 Å². The molecule has 2 N–H and O–H groups in total. The Morgan fingerprint density at radius 1 is 1.22 bits per heavy atom. The maximum atomic E-state index is 11.8. The van der Waals surface area contributed by atoms with Crippen LogP contribution in [-0.2, 0) is 10.3 Å². The normalized spacial score (nSPS) is 26.7. The zero-order valence-corrected chi connectivity index (χ0v) is 10.0. The molecule has 5 heteroatoms. The van der Waals surface area contributed by atoms with E-state index in [0.717, 1.165) is 24.2 Å². The monoisotopic (exact) mass is 246 g/mol. The maximum absolute atomic E-state index is 11.8. The van der Waals surface area contributed by atoms with Crippen LogP contribution in [0.4, 0.5) is 4.79 Å². The zero-order valence-electron chi connectivity index (χ0n) is 10.0. The van der Waals surface area contributed by atoms with Crippen molar-refractivity contribution in [1.82, 2.24) is 10.6 Å². The summed E-state index contributed by atoms with van der Waals surface area (Å²) in [5.41, 5.74) is -0.246. The average Bonchev–Trinajstić information content (AvgIpc) is 3.08. The number of urea groups is 1. The van der Waals surface area contributed by atoms with Gasteiger partial charge in [-0.05, 0) is 37.5 Å². The quantitative estimate of drug-likeness (QED) is 0.789. The van der Waals surface area contributed by atoms with Crippen LogP contribution in [0.1, 0.15) is 25.3 Å². The number of carbonyl (C=O) groups excluding carboxylic acids is 2. The molecule has 18 heavy (non-hydrogen) atoms. The second kappa shape index (κ2) is 3.73. The average molecular weight is 246 g/mol. The van der Waals surface area contributed by atoms with Gasteiger partial charge in [0.2, 0.25) is 0 Å². The van der Waals surface area contributed by atoms with Gasteiger partial charge in [0, 0.05) is 0 Å². The SMILES string of the molecule is CC1(c2ccc(OC3CC3)cc2)NC(=O)NC1=O. The number of ether oxygens (including phenoxy) is 1. The molecule has 1 saturated carbocycles. The molecule has 0 bridgehead atoms. The first-order valence-corrected chi connectivity index (χ1v) is 5.99. The third kappa shape index (κ3) is 1.81. The molecular formula is C13H14N2O3. The van der Waals surface area contributed by atoms with Crippen molar-refractivity contribution in [2.45, 2.75) is 31.4 Å². The molecule has 0 radical (unpaired) electrons. The Labute approximate surface area is 105 Å². The summed E-state index contributed by atoms with van der Waals surface area (Å²) in [6, 6.07) is 6.82. The van der Waals surface area contributed by atoms with Crippen LogP contribution in [-0.4, -0.2) is 18.0 Å². The van der Waals surface area contributed by atoms with Crippen molar-refractivity contribution in [3.8, 4) is 5.75 Å². The number of carbonyl (C=O) groups is 2. The van der Waals surface area contributed by atoms with E-state index in [9.17, 15) is 9.59 Å². The molecule has 1 aliphatic carbocycles. The van der Waals surface area contributed by atoms with Gasteiger partial charge in [-0.3, -0.25) is 10.1 Å². The molecule has 3 amide bonds. The van der Waals surface area contributed by atoms with Crippen molar-refractivity contribution >= 4 is 11.9 Å². The second-order valence-corrected chi connectivity index (χ2v) is 4.87. The lowest BCUT2D eigenvalue weighted by atomic mass is 9.92. The van der Waals surface area contributed by atoms with Crippen LogP contribution < -0.4 is 15.4 Å². The summed E-state index contributed by atoms with van der Waals surface area (Å²) in [7, 11) is 0. The van der Waals surface area contributed by atoms with Crippen LogP contribution in [0.25, 0.3) is 0 Å². The fourth-order valence-electron chi connectivity index (χ4n) is 1.99. The van der Waals surface area contributed by atoms with Gasteiger partial charge in [-0.2, -0.15) is 0 Å². The first-order chi connectivity index (χ1) is 8.58. The molecule has 1 aliphatic heterocycles. The second-order valence-electron chi connectivity index (χ2n) is 4.87. The highest BCUT2D eigenvalue weighted by Crippen LogP contribution is 2.29. The molecule has 1 atom stereocenters. The van der Waals surface area contributed by atoms with Crippen LogP contribution >= 0.6 is 0 Å². The van der Waals surface area contributed by atoms with E-state index < -0.39 is 11.6 Å². The number of nitrogens with one attached hydrogen (secondary N) is 2. The third-order valence-corrected chi connectivity index (χ3v) is 3.30. The van der Waals surface area contributed by atoms with Gasteiger partial charge in [0.25, 0.3) is 5.91 Å². The fourth-order valence-corrected chi connectivity index (χ4v) is 1.99. The standard InChI is InChI=1S/C13H14N2O3/c1-13(11(16)14-12(17)15-13)8-2-4-9(5-3-8)18-10-6-7-10/h2-5,10H,6-7H2,1H3,(H2,14,15,16,17). The minimum absolute atomic E-state index is 0.330. The Bertz CT molecular complexity index is 507. The summed E-state index contributed by atoms with van der Waals surface area (Å²) in [6.07, 6.45) is 2.57. The van der Waals surface area contributed by atoms with E-state index in [2.05, 4.69) is 10.6 Å². The highest BCUT2D eigenvalue weighted by Gasteiger charge is 2.43. The van der Waals surface area contributed by atoms with Crippen LogP contribution in [0.15, 0.2) is 24.3 Å². The van der Waals surface area contributed by atoms with E-state index >= 15 is 0 Å². The topological polar surface area (TPSA) is 67.4 Å². The lowest BCUT2D eigenvalue weighted by Gasteiger charge is -2.21. The zero-order chi connectivity index (χ0) is 12.8. The van der Waals surface area contributed by atoms with E-state index in [-0.39, 0.29) is 5.91 Å². The molecule has 3 rings (SSSR count).